The minimum Gasteiger partial charge on any atom is -0.325 e. The highest BCUT2D eigenvalue weighted by atomic mass is 79.9. The summed E-state index contributed by atoms with van der Waals surface area (Å²) >= 11 is 3.45. The predicted molar refractivity (Wildman–Crippen MR) is 60.2 cm³/mol. The second-order valence-electron chi connectivity index (χ2n) is 3.13. The third kappa shape index (κ3) is 1.44. The number of aromatic nitrogens is 2. The molecule has 2 heterocycles. The second-order valence-corrected chi connectivity index (χ2v) is 4.05. The lowest BCUT2D eigenvalue weighted by Gasteiger charge is -1.98. The summed E-state index contributed by atoms with van der Waals surface area (Å²) in [7, 11) is 0. The Morgan fingerprint density at radius 2 is 2.29 bits per heavy atom. The van der Waals surface area contributed by atoms with E-state index in [4.69, 9.17) is 5.73 Å². The van der Waals surface area contributed by atoms with Crippen LogP contribution in [0.4, 0.5) is 0 Å². The molecule has 0 aliphatic carbocycles. The molecular weight excluding hydrogens is 242 g/mol. The number of aryl methyl sites for hydroxylation is 1. The van der Waals surface area contributed by atoms with Gasteiger partial charge >= 0.3 is 0 Å². The first-order valence-electron chi connectivity index (χ1n) is 4.61. The molecule has 2 N–H and O–H groups in total. The van der Waals surface area contributed by atoms with Gasteiger partial charge in [-0.25, -0.2) is 4.98 Å². The van der Waals surface area contributed by atoms with Crippen LogP contribution >= 0.6 is 15.9 Å². The van der Waals surface area contributed by atoms with Crippen molar-refractivity contribution < 1.29 is 0 Å². The molecule has 0 aliphatic heterocycles. The van der Waals surface area contributed by atoms with Gasteiger partial charge in [-0.2, -0.15) is 0 Å². The molecule has 0 aromatic carbocycles. The van der Waals surface area contributed by atoms with Crippen LogP contribution in [0.1, 0.15) is 18.4 Å². The van der Waals surface area contributed by atoms with Gasteiger partial charge in [0.15, 0.2) is 0 Å². The number of pyridine rings is 1. The van der Waals surface area contributed by atoms with Crippen LogP contribution in [-0.2, 0) is 13.0 Å². The van der Waals surface area contributed by atoms with Crippen LogP contribution in [0.2, 0.25) is 0 Å². The van der Waals surface area contributed by atoms with Crippen LogP contribution in [0.5, 0.6) is 0 Å². The van der Waals surface area contributed by atoms with Crippen LogP contribution in [0.25, 0.3) is 5.52 Å². The van der Waals surface area contributed by atoms with Gasteiger partial charge in [0.2, 0.25) is 0 Å². The van der Waals surface area contributed by atoms with Gasteiger partial charge in [0.05, 0.1) is 11.2 Å². The lowest BCUT2D eigenvalue weighted by atomic mass is 10.3. The molecule has 2 aromatic rings. The fourth-order valence-electron chi connectivity index (χ4n) is 1.59. The molecule has 2 aromatic heterocycles. The lowest BCUT2D eigenvalue weighted by molar-refractivity contribution is 0.914. The molecule has 4 heteroatoms. The molecule has 0 amide bonds. The first kappa shape index (κ1) is 9.68. The first-order chi connectivity index (χ1) is 6.76. The third-order valence-electron chi connectivity index (χ3n) is 2.26. The quantitative estimate of drug-likeness (QED) is 0.891. The lowest BCUT2D eigenvalue weighted by Crippen LogP contribution is -1.96. The molecule has 0 fully saturated rings. The van der Waals surface area contributed by atoms with E-state index >= 15 is 0 Å². The molecule has 3 nitrogen and oxygen atoms in total. The molecule has 74 valence electrons. The maximum Gasteiger partial charge on any atom is 0.113 e. The Kier molecular flexibility index (Phi) is 2.56. The summed E-state index contributed by atoms with van der Waals surface area (Å²) in [5.74, 6) is 1.06. The molecule has 0 atom stereocenters. The number of halogens is 1. The fourth-order valence-corrected chi connectivity index (χ4v) is 1.93. The average Bonchev–Trinajstić information content (AvgIpc) is 2.55. The number of fused-ring (bicyclic) bond motifs is 1. The zero-order valence-corrected chi connectivity index (χ0v) is 9.58. The summed E-state index contributed by atoms with van der Waals surface area (Å²) in [6.45, 7) is 2.58. The summed E-state index contributed by atoms with van der Waals surface area (Å²) in [4.78, 5) is 4.48. The summed E-state index contributed by atoms with van der Waals surface area (Å²) < 4.78 is 3.15. The van der Waals surface area contributed by atoms with Crippen molar-refractivity contribution >= 4 is 21.4 Å². The van der Waals surface area contributed by atoms with E-state index in [1.165, 1.54) is 0 Å². The Balaban J connectivity index is 2.75. The van der Waals surface area contributed by atoms with Crippen LogP contribution in [0.3, 0.4) is 0 Å². The minimum absolute atomic E-state index is 0.491. The van der Waals surface area contributed by atoms with Crippen molar-refractivity contribution in [3.8, 4) is 0 Å². The molecule has 14 heavy (non-hydrogen) atoms. The Bertz CT molecular complexity index is 462. The molecule has 0 saturated heterocycles. The Morgan fingerprint density at radius 1 is 1.50 bits per heavy atom. The van der Waals surface area contributed by atoms with Crippen molar-refractivity contribution in [2.75, 3.05) is 0 Å². The molecule has 0 saturated carbocycles. The SMILES string of the molecule is CCc1nc(CN)c2ccc(Br)cn12. The summed E-state index contributed by atoms with van der Waals surface area (Å²) in [6.07, 6.45) is 2.94. The van der Waals surface area contributed by atoms with Gasteiger partial charge < -0.3 is 10.1 Å². The molecule has 0 bridgehead atoms. The molecule has 0 unspecified atom stereocenters. The van der Waals surface area contributed by atoms with Crippen molar-refractivity contribution in [1.82, 2.24) is 9.38 Å². The summed E-state index contributed by atoms with van der Waals surface area (Å²) in [5, 5.41) is 0. The number of rotatable bonds is 2. The standard InChI is InChI=1S/C10H12BrN3/c1-2-10-13-8(5-12)9-4-3-7(11)6-14(9)10/h3-4,6H,2,5,12H2,1H3. The maximum absolute atomic E-state index is 5.63. The molecule has 0 spiro atoms. The first-order valence-corrected chi connectivity index (χ1v) is 5.41. The van der Waals surface area contributed by atoms with Gasteiger partial charge in [-0.15, -0.1) is 0 Å². The average molecular weight is 254 g/mol. The molecule has 2 rings (SSSR count). The fraction of sp³-hybridized carbons (Fsp3) is 0.300. The van der Waals surface area contributed by atoms with E-state index in [-0.39, 0.29) is 0 Å². The van der Waals surface area contributed by atoms with Gasteiger partial charge in [-0.05, 0) is 28.1 Å². The smallest absolute Gasteiger partial charge is 0.113 e. The highest BCUT2D eigenvalue weighted by Crippen LogP contribution is 2.17. The van der Waals surface area contributed by atoms with E-state index in [2.05, 4.69) is 32.2 Å². The van der Waals surface area contributed by atoms with E-state index in [0.29, 0.717) is 6.54 Å². The summed E-state index contributed by atoms with van der Waals surface area (Å²) in [6, 6.07) is 4.05. The van der Waals surface area contributed by atoms with Gasteiger partial charge in [0.1, 0.15) is 5.82 Å². The van der Waals surface area contributed by atoms with E-state index in [1.807, 2.05) is 18.3 Å². The van der Waals surface area contributed by atoms with E-state index in [0.717, 1.165) is 27.9 Å². The zero-order chi connectivity index (χ0) is 10.1. The van der Waals surface area contributed by atoms with Crippen LogP contribution in [0, 0.1) is 0 Å². The van der Waals surface area contributed by atoms with Crippen molar-refractivity contribution in [2.45, 2.75) is 19.9 Å². The Hall–Kier alpha value is -0.870. The second kappa shape index (κ2) is 3.71. The van der Waals surface area contributed by atoms with E-state index in [1.54, 1.807) is 0 Å². The maximum atomic E-state index is 5.63. The van der Waals surface area contributed by atoms with Crippen molar-refractivity contribution in [3.05, 3.63) is 34.3 Å². The highest BCUT2D eigenvalue weighted by Gasteiger charge is 2.07. The van der Waals surface area contributed by atoms with Gasteiger partial charge in [0.25, 0.3) is 0 Å². The largest absolute Gasteiger partial charge is 0.325 e. The number of nitrogens with two attached hydrogens (primary N) is 1. The highest BCUT2D eigenvalue weighted by molar-refractivity contribution is 9.10. The molecular formula is C10H12BrN3. The number of nitrogens with zero attached hydrogens (tertiary/aromatic N) is 2. The summed E-state index contributed by atoms with van der Waals surface area (Å²) in [5.41, 5.74) is 7.71. The number of hydrogen-bond acceptors (Lipinski definition) is 2. The van der Waals surface area contributed by atoms with Gasteiger partial charge in [-0.3, -0.25) is 0 Å². The Labute approximate surface area is 91.1 Å². The molecule has 0 radical (unpaired) electrons. The van der Waals surface area contributed by atoms with Crippen molar-refractivity contribution in [1.29, 1.82) is 0 Å². The van der Waals surface area contributed by atoms with Gasteiger partial charge in [0, 0.05) is 23.6 Å². The van der Waals surface area contributed by atoms with E-state index in [9.17, 15) is 0 Å². The minimum atomic E-state index is 0.491. The number of imidazole rings is 1. The normalized spacial score (nSPS) is 11.1. The third-order valence-corrected chi connectivity index (χ3v) is 2.73. The van der Waals surface area contributed by atoms with Crippen molar-refractivity contribution in [3.63, 3.8) is 0 Å². The molecule has 0 aliphatic rings. The van der Waals surface area contributed by atoms with Gasteiger partial charge in [-0.1, -0.05) is 6.92 Å². The monoisotopic (exact) mass is 253 g/mol. The van der Waals surface area contributed by atoms with Crippen LogP contribution < -0.4 is 5.73 Å². The zero-order valence-electron chi connectivity index (χ0n) is 8.00. The van der Waals surface area contributed by atoms with Crippen LogP contribution in [-0.4, -0.2) is 9.38 Å². The van der Waals surface area contributed by atoms with Crippen molar-refractivity contribution in [2.24, 2.45) is 5.73 Å². The van der Waals surface area contributed by atoms with E-state index < -0.39 is 0 Å². The Morgan fingerprint density at radius 3 is 2.93 bits per heavy atom. The topological polar surface area (TPSA) is 43.3 Å². The number of hydrogen-bond donors (Lipinski definition) is 1. The van der Waals surface area contributed by atoms with Crippen LogP contribution in [0.15, 0.2) is 22.8 Å². The predicted octanol–water partition coefficient (Wildman–Crippen LogP) is 2.12.